The second-order valence-electron chi connectivity index (χ2n) is 6.02. The molecule has 1 atom stereocenters. The minimum atomic E-state index is -0.0763. The first-order valence-electron chi connectivity index (χ1n) is 7.70. The average Bonchev–Trinajstić information content (AvgIpc) is 2.92. The van der Waals surface area contributed by atoms with Crippen molar-refractivity contribution in [2.45, 2.75) is 32.2 Å². The molecule has 0 spiro atoms. The van der Waals surface area contributed by atoms with E-state index in [4.69, 9.17) is 4.42 Å². The Kier molecular flexibility index (Phi) is 4.19. The molecule has 5 heteroatoms. The van der Waals surface area contributed by atoms with E-state index in [9.17, 15) is 9.59 Å². The molecule has 1 aromatic heterocycles. The standard InChI is InChI=1S/C18H20N2O3/c1-12-7-8-23-16(12)11-20(2)18(22)10-13-9-17(21)19-15-6-4-3-5-14(13)15/h3-8,13H,9-11H2,1-2H3,(H,19,21). The van der Waals surface area contributed by atoms with Crippen molar-refractivity contribution in [3.8, 4) is 0 Å². The van der Waals surface area contributed by atoms with Crippen LogP contribution in [0.15, 0.2) is 41.0 Å². The van der Waals surface area contributed by atoms with E-state index in [1.807, 2.05) is 37.3 Å². The second-order valence-corrected chi connectivity index (χ2v) is 6.02. The number of carbonyl (C=O) groups excluding carboxylic acids is 2. The molecule has 1 aliphatic rings. The van der Waals surface area contributed by atoms with Crippen LogP contribution in [0.1, 0.15) is 35.6 Å². The molecule has 3 rings (SSSR count). The Morgan fingerprint density at radius 2 is 2.13 bits per heavy atom. The van der Waals surface area contributed by atoms with Gasteiger partial charge in [-0.25, -0.2) is 0 Å². The maximum atomic E-state index is 12.5. The number of nitrogens with zero attached hydrogens (tertiary/aromatic N) is 1. The van der Waals surface area contributed by atoms with E-state index in [-0.39, 0.29) is 17.7 Å². The lowest BCUT2D eigenvalue weighted by molar-refractivity contribution is -0.131. The summed E-state index contributed by atoms with van der Waals surface area (Å²) in [6.45, 7) is 2.40. The summed E-state index contributed by atoms with van der Waals surface area (Å²) in [5.41, 5.74) is 2.88. The van der Waals surface area contributed by atoms with Crippen LogP contribution >= 0.6 is 0 Å². The van der Waals surface area contributed by atoms with Crippen molar-refractivity contribution in [3.05, 3.63) is 53.5 Å². The molecule has 23 heavy (non-hydrogen) atoms. The van der Waals surface area contributed by atoms with Gasteiger partial charge >= 0.3 is 0 Å². The van der Waals surface area contributed by atoms with Crippen LogP contribution in [0.25, 0.3) is 0 Å². The number of nitrogens with one attached hydrogen (secondary N) is 1. The van der Waals surface area contributed by atoms with Crippen LogP contribution < -0.4 is 5.32 Å². The van der Waals surface area contributed by atoms with E-state index in [2.05, 4.69) is 5.32 Å². The number of benzene rings is 1. The fourth-order valence-electron chi connectivity index (χ4n) is 2.92. The summed E-state index contributed by atoms with van der Waals surface area (Å²) < 4.78 is 5.39. The van der Waals surface area contributed by atoms with E-state index >= 15 is 0 Å². The third-order valence-corrected chi connectivity index (χ3v) is 4.30. The highest BCUT2D eigenvalue weighted by Crippen LogP contribution is 2.34. The van der Waals surface area contributed by atoms with Crippen molar-refractivity contribution >= 4 is 17.5 Å². The molecule has 0 bridgehead atoms. The van der Waals surface area contributed by atoms with E-state index in [1.165, 1.54) is 0 Å². The predicted octanol–water partition coefficient (Wildman–Crippen LogP) is 3.06. The SMILES string of the molecule is Cc1ccoc1CN(C)C(=O)CC1CC(=O)Nc2ccccc21. The first-order valence-corrected chi connectivity index (χ1v) is 7.70. The van der Waals surface area contributed by atoms with Crippen LogP contribution in [0, 0.1) is 6.92 Å². The largest absolute Gasteiger partial charge is 0.467 e. The molecule has 1 unspecified atom stereocenters. The molecular weight excluding hydrogens is 292 g/mol. The number of aryl methyl sites for hydroxylation is 1. The van der Waals surface area contributed by atoms with Crippen molar-refractivity contribution in [1.82, 2.24) is 4.90 Å². The van der Waals surface area contributed by atoms with Gasteiger partial charge in [-0.1, -0.05) is 18.2 Å². The van der Waals surface area contributed by atoms with Gasteiger partial charge in [0, 0.05) is 31.5 Å². The topological polar surface area (TPSA) is 62.6 Å². The van der Waals surface area contributed by atoms with Gasteiger partial charge in [0.05, 0.1) is 12.8 Å². The van der Waals surface area contributed by atoms with E-state index < -0.39 is 0 Å². The van der Waals surface area contributed by atoms with Gasteiger partial charge in [-0.2, -0.15) is 0 Å². The average molecular weight is 312 g/mol. The molecule has 2 heterocycles. The highest BCUT2D eigenvalue weighted by Gasteiger charge is 2.27. The second kappa shape index (κ2) is 6.28. The molecule has 1 aliphatic heterocycles. The molecular formula is C18H20N2O3. The first-order chi connectivity index (χ1) is 11.0. The van der Waals surface area contributed by atoms with Gasteiger partial charge in [0.1, 0.15) is 5.76 Å². The van der Waals surface area contributed by atoms with Gasteiger partial charge in [-0.05, 0) is 30.2 Å². The van der Waals surface area contributed by atoms with E-state index in [0.29, 0.717) is 19.4 Å². The monoisotopic (exact) mass is 312 g/mol. The number of amides is 2. The third-order valence-electron chi connectivity index (χ3n) is 4.30. The molecule has 0 fully saturated rings. The van der Waals surface area contributed by atoms with Crippen LogP contribution in [-0.4, -0.2) is 23.8 Å². The zero-order chi connectivity index (χ0) is 16.4. The molecule has 5 nitrogen and oxygen atoms in total. The lowest BCUT2D eigenvalue weighted by Crippen LogP contribution is -2.30. The summed E-state index contributed by atoms with van der Waals surface area (Å²) >= 11 is 0. The number of para-hydroxylation sites is 1. The number of rotatable bonds is 4. The quantitative estimate of drug-likeness (QED) is 0.943. The van der Waals surface area contributed by atoms with Crippen molar-refractivity contribution < 1.29 is 14.0 Å². The predicted molar refractivity (Wildman–Crippen MR) is 87.0 cm³/mol. The summed E-state index contributed by atoms with van der Waals surface area (Å²) in [5.74, 6) is 0.691. The summed E-state index contributed by atoms with van der Waals surface area (Å²) in [6, 6.07) is 9.55. The molecule has 2 aromatic rings. The number of fused-ring (bicyclic) bond motifs is 1. The molecule has 1 aromatic carbocycles. The van der Waals surface area contributed by atoms with Crippen LogP contribution in [0.2, 0.25) is 0 Å². The molecule has 0 saturated carbocycles. The van der Waals surface area contributed by atoms with Crippen LogP contribution in [0.3, 0.4) is 0 Å². The van der Waals surface area contributed by atoms with Gasteiger partial charge in [-0.3, -0.25) is 9.59 Å². The van der Waals surface area contributed by atoms with Crippen molar-refractivity contribution in [1.29, 1.82) is 0 Å². The minimum absolute atomic E-state index is 0.00954. The Morgan fingerprint density at radius 1 is 1.35 bits per heavy atom. The maximum absolute atomic E-state index is 12.5. The van der Waals surface area contributed by atoms with Gasteiger partial charge in [-0.15, -0.1) is 0 Å². The minimum Gasteiger partial charge on any atom is -0.467 e. The molecule has 120 valence electrons. The highest BCUT2D eigenvalue weighted by molar-refractivity contribution is 5.95. The van der Waals surface area contributed by atoms with Gasteiger partial charge in [0.25, 0.3) is 0 Å². The third kappa shape index (κ3) is 3.28. The first kappa shape index (κ1) is 15.3. The number of carbonyl (C=O) groups is 2. The van der Waals surface area contributed by atoms with Crippen molar-refractivity contribution in [3.63, 3.8) is 0 Å². The highest BCUT2D eigenvalue weighted by atomic mass is 16.3. The van der Waals surface area contributed by atoms with Gasteiger partial charge < -0.3 is 14.6 Å². The summed E-state index contributed by atoms with van der Waals surface area (Å²) in [4.78, 5) is 26.0. The Bertz CT molecular complexity index is 735. The van der Waals surface area contributed by atoms with Crippen LogP contribution in [0.5, 0.6) is 0 Å². The Morgan fingerprint density at radius 3 is 2.87 bits per heavy atom. The van der Waals surface area contributed by atoms with E-state index in [0.717, 1.165) is 22.6 Å². The Labute approximate surface area is 135 Å². The number of anilines is 1. The van der Waals surface area contributed by atoms with Crippen LogP contribution in [-0.2, 0) is 16.1 Å². The number of hydrogen-bond acceptors (Lipinski definition) is 3. The molecule has 2 amide bonds. The van der Waals surface area contributed by atoms with Gasteiger partial charge in [0.15, 0.2) is 0 Å². The number of hydrogen-bond donors (Lipinski definition) is 1. The van der Waals surface area contributed by atoms with Gasteiger partial charge in [0.2, 0.25) is 11.8 Å². The molecule has 0 aliphatic carbocycles. The van der Waals surface area contributed by atoms with Crippen molar-refractivity contribution in [2.24, 2.45) is 0 Å². The number of furan rings is 1. The fraction of sp³-hybridized carbons (Fsp3) is 0.333. The van der Waals surface area contributed by atoms with Crippen molar-refractivity contribution in [2.75, 3.05) is 12.4 Å². The summed E-state index contributed by atoms with van der Waals surface area (Å²) in [7, 11) is 1.76. The molecule has 0 saturated heterocycles. The Hall–Kier alpha value is -2.56. The van der Waals surface area contributed by atoms with Crippen LogP contribution in [0.4, 0.5) is 5.69 Å². The maximum Gasteiger partial charge on any atom is 0.225 e. The smallest absolute Gasteiger partial charge is 0.225 e. The zero-order valence-electron chi connectivity index (χ0n) is 13.3. The van der Waals surface area contributed by atoms with E-state index in [1.54, 1.807) is 18.2 Å². The lowest BCUT2D eigenvalue weighted by atomic mass is 9.87. The molecule has 1 N–H and O–H groups in total. The fourth-order valence-corrected chi connectivity index (χ4v) is 2.92. The lowest BCUT2D eigenvalue weighted by Gasteiger charge is -2.26. The molecule has 0 radical (unpaired) electrons. The summed E-state index contributed by atoms with van der Waals surface area (Å²) in [6.07, 6.45) is 2.29. The summed E-state index contributed by atoms with van der Waals surface area (Å²) in [5, 5.41) is 2.86. The normalized spacial score (nSPS) is 16.6. The Balaban J connectivity index is 1.70. The zero-order valence-corrected chi connectivity index (χ0v) is 13.3.